The van der Waals surface area contributed by atoms with Crippen LogP contribution in [0.2, 0.25) is 0 Å². The molecule has 2 aromatic rings. The van der Waals surface area contributed by atoms with Crippen LogP contribution in [0.5, 0.6) is 17.2 Å². The van der Waals surface area contributed by atoms with Crippen LogP contribution < -0.4 is 14.2 Å². The minimum atomic E-state index is 0.0707. The SMILES string of the molecule is COc1cc(-c2ccc(C(C)(C)C)cc2)c(C=O)c(OC)c1OC. The monoisotopic (exact) mass is 328 g/mol. The molecule has 0 saturated heterocycles. The van der Waals surface area contributed by atoms with Gasteiger partial charge in [-0.2, -0.15) is 0 Å². The molecule has 0 spiro atoms. The van der Waals surface area contributed by atoms with Gasteiger partial charge in [0.1, 0.15) is 0 Å². The van der Waals surface area contributed by atoms with Crippen LogP contribution in [-0.2, 0) is 5.41 Å². The average molecular weight is 328 g/mol. The zero-order valence-electron chi connectivity index (χ0n) is 15.1. The second-order valence-electron chi connectivity index (χ2n) is 6.55. The van der Waals surface area contributed by atoms with Crippen molar-refractivity contribution in [1.29, 1.82) is 0 Å². The van der Waals surface area contributed by atoms with Gasteiger partial charge in [0, 0.05) is 0 Å². The van der Waals surface area contributed by atoms with Crippen LogP contribution in [0.3, 0.4) is 0 Å². The van der Waals surface area contributed by atoms with Crippen molar-refractivity contribution in [3.63, 3.8) is 0 Å². The molecular weight excluding hydrogens is 304 g/mol. The molecule has 0 fully saturated rings. The highest BCUT2D eigenvalue weighted by atomic mass is 16.5. The fraction of sp³-hybridized carbons (Fsp3) is 0.350. The third-order valence-corrected chi connectivity index (χ3v) is 4.05. The van der Waals surface area contributed by atoms with E-state index in [1.807, 2.05) is 12.1 Å². The molecule has 0 atom stereocenters. The molecular formula is C20H24O4. The van der Waals surface area contributed by atoms with Crippen molar-refractivity contribution < 1.29 is 19.0 Å². The van der Waals surface area contributed by atoms with E-state index >= 15 is 0 Å². The summed E-state index contributed by atoms with van der Waals surface area (Å²) in [5.41, 5.74) is 3.41. The highest BCUT2D eigenvalue weighted by molar-refractivity contribution is 5.94. The normalized spacial score (nSPS) is 11.1. The highest BCUT2D eigenvalue weighted by Crippen LogP contribution is 2.44. The van der Waals surface area contributed by atoms with Gasteiger partial charge in [-0.25, -0.2) is 0 Å². The molecule has 0 aliphatic carbocycles. The molecule has 0 amide bonds. The van der Waals surface area contributed by atoms with Crippen LogP contribution in [-0.4, -0.2) is 27.6 Å². The number of ether oxygens (including phenoxy) is 3. The second-order valence-corrected chi connectivity index (χ2v) is 6.55. The van der Waals surface area contributed by atoms with Gasteiger partial charge in [-0.3, -0.25) is 4.79 Å². The maximum atomic E-state index is 11.7. The number of carbonyl (C=O) groups excluding carboxylic acids is 1. The number of hydrogen-bond donors (Lipinski definition) is 0. The van der Waals surface area contributed by atoms with Crippen LogP contribution in [0, 0.1) is 0 Å². The predicted octanol–water partition coefficient (Wildman–Crippen LogP) is 4.49. The summed E-state index contributed by atoms with van der Waals surface area (Å²) in [6.45, 7) is 6.49. The zero-order valence-corrected chi connectivity index (χ0v) is 15.1. The van der Waals surface area contributed by atoms with Gasteiger partial charge < -0.3 is 14.2 Å². The second kappa shape index (κ2) is 6.95. The first-order chi connectivity index (χ1) is 11.4. The van der Waals surface area contributed by atoms with Crippen LogP contribution in [0.15, 0.2) is 30.3 Å². The molecule has 0 N–H and O–H groups in total. The van der Waals surface area contributed by atoms with Gasteiger partial charge in [0.2, 0.25) is 5.75 Å². The standard InChI is InChI=1S/C20H24O4/c1-20(2,3)14-9-7-13(8-10-14)15-11-17(22-4)19(24-6)18(23-5)16(15)12-21/h7-12H,1-6H3. The molecule has 0 bridgehead atoms. The third kappa shape index (κ3) is 3.23. The largest absolute Gasteiger partial charge is 0.493 e. The molecule has 128 valence electrons. The van der Waals surface area contributed by atoms with E-state index in [2.05, 4.69) is 32.9 Å². The van der Waals surface area contributed by atoms with Crippen molar-refractivity contribution in [1.82, 2.24) is 0 Å². The molecule has 4 heteroatoms. The summed E-state index contributed by atoms with van der Waals surface area (Å²) in [4.78, 5) is 11.7. The molecule has 0 unspecified atom stereocenters. The topological polar surface area (TPSA) is 44.8 Å². The third-order valence-electron chi connectivity index (χ3n) is 4.05. The van der Waals surface area contributed by atoms with E-state index in [-0.39, 0.29) is 5.41 Å². The first-order valence-corrected chi connectivity index (χ1v) is 7.76. The molecule has 0 radical (unpaired) electrons. The van der Waals surface area contributed by atoms with E-state index in [1.165, 1.54) is 19.8 Å². The predicted molar refractivity (Wildman–Crippen MR) is 95.6 cm³/mol. The number of methoxy groups -OCH3 is 3. The first-order valence-electron chi connectivity index (χ1n) is 7.76. The number of aldehydes is 1. The Kier molecular flexibility index (Phi) is 5.17. The van der Waals surface area contributed by atoms with Crippen LogP contribution in [0.1, 0.15) is 36.7 Å². The lowest BCUT2D eigenvalue weighted by Gasteiger charge is -2.20. The lowest BCUT2D eigenvalue weighted by atomic mass is 9.86. The minimum Gasteiger partial charge on any atom is -0.493 e. The van der Waals surface area contributed by atoms with Gasteiger partial charge in [0.15, 0.2) is 17.8 Å². The van der Waals surface area contributed by atoms with E-state index in [9.17, 15) is 4.79 Å². The lowest BCUT2D eigenvalue weighted by molar-refractivity contribution is 0.112. The summed E-state index contributed by atoms with van der Waals surface area (Å²) in [5, 5.41) is 0. The average Bonchev–Trinajstić information content (AvgIpc) is 2.58. The van der Waals surface area contributed by atoms with E-state index in [1.54, 1.807) is 13.2 Å². The molecule has 0 heterocycles. The van der Waals surface area contributed by atoms with E-state index in [0.717, 1.165) is 17.4 Å². The zero-order chi connectivity index (χ0) is 17.9. The number of carbonyl (C=O) groups is 1. The first kappa shape index (κ1) is 17.9. The van der Waals surface area contributed by atoms with Gasteiger partial charge in [-0.05, 0) is 28.2 Å². The smallest absolute Gasteiger partial charge is 0.204 e. The summed E-state index contributed by atoms with van der Waals surface area (Å²) < 4.78 is 16.1. The minimum absolute atomic E-state index is 0.0707. The van der Waals surface area contributed by atoms with E-state index in [4.69, 9.17) is 14.2 Å². The highest BCUT2D eigenvalue weighted by Gasteiger charge is 2.21. The Morgan fingerprint density at radius 3 is 1.88 bits per heavy atom. The quantitative estimate of drug-likeness (QED) is 0.759. The Hall–Kier alpha value is -2.49. The van der Waals surface area contributed by atoms with Gasteiger partial charge in [0.05, 0.1) is 26.9 Å². The fourth-order valence-corrected chi connectivity index (χ4v) is 2.68. The molecule has 0 aromatic heterocycles. The summed E-state index contributed by atoms with van der Waals surface area (Å²) in [6, 6.07) is 9.97. The lowest BCUT2D eigenvalue weighted by Crippen LogP contribution is -2.10. The molecule has 0 saturated carbocycles. The van der Waals surface area contributed by atoms with Crippen molar-refractivity contribution in [3.8, 4) is 28.4 Å². The van der Waals surface area contributed by atoms with Gasteiger partial charge in [-0.1, -0.05) is 45.0 Å². The van der Waals surface area contributed by atoms with Crippen molar-refractivity contribution in [2.75, 3.05) is 21.3 Å². The Balaban J connectivity index is 2.67. The Morgan fingerprint density at radius 1 is 0.875 bits per heavy atom. The molecule has 0 aliphatic rings. The molecule has 2 rings (SSSR count). The Morgan fingerprint density at radius 2 is 1.46 bits per heavy atom. The molecule has 24 heavy (non-hydrogen) atoms. The summed E-state index contributed by atoms with van der Waals surface area (Å²) in [6.07, 6.45) is 0.786. The van der Waals surface area contributed by atoms with Crippen LogP contribution in [0.4, 0.5) is 0 Å². The Bertz CT molecular complexity index is 725. The number of rotatable bonds is 5. The van der Waals surface area contributed by atoms with Gasteiger partial charge in [0.25, 0.3) is 0 Å². The van der Waals surface area contributed by atoms with Crippen LogP contribution >= 0.6 is 0 Å². The molecule has 0 aliphatic heterocycles. The van der Waals surface area contributed by atoms with Crippen LogP contribution in [0.25, 0.3) is 11.1 Å². The Labute approximate surface area is 143 Å². The van der Waals surface area contributed by atoms with E-state index in [0.29, 0.717) is 22.8 Å². The summed E-state index contributed by atoms with van der Waals surface area (Å²) in [7, 11) is 4.59. The maximum Gasteiger partial charge on any atom is 0.204 e. The van der Waals surface area contributed by atoms with E-state index < -0.39 is 0 Å². The molecule has 2 aromatic carbocycles. The summed E-state index contributed by atoms with van der Waals surface area (Å²) in [5.74, 6) is 1.31. The molecule has 4 nitrogen and oxygen atoms in total. The van der Waals surface area contributed by atoms with Crippen molar-refractivity contribution >= 4 is 6.29 Å². The number of hydrogen-bond acceptors (Lipinski definition) is 4. The maximum absolute atomic E-state index is 11.7. The van der Waals surface area contributed by atoms with Gasteiger partial charge >= 0.3 is 0 Å². The number of benzene rings is 2. The van der Waals surface area contributed by atoms with Gasteiger partial charge in [-0.15, -0.1) is 0 Å². The summed E-state index contributed by atoms with van der Waals surface area (Å²) >= 11 is 0. The van der Waals surface area contributed by atoms with Crippen molar-refractivity contribution in [2.24, 2.45) is 0 Å². The van der Waals surface area contributed by atoms with Crippen molar-refractivity contribution in [2.45, 2.75) is 26.2 Å². The van der Waals surface area contributed by atoms with Crippen molar-refractivity contribution in [3.05, 3.63) is 41.5 Å². The fourth-order valence-electron chi connectivity index (χ4n) is 2.68.